The fourth-order valence-electron chi connectivity index (χ4n) is 0.829. The van der Waals surface area contributed by atoms with Crippen LogP contribution in [-0.2, 0) is 24.0 Å². The summed E-state index contributed by atoms with van der Waals surface area (Å²) in [4.78, 5) is 22.0. The Balaban J connectivity index is 2.79. The average Bonchev–Trinajstić information content (AvgIpc) is 2.35. The van der Waals surface area contributed by atoms with Crippen molar-refractivity contribution in [3.8, 4) is 0 Å². The van der Waals surface area contributed by atoms with Gasteiger partial charge in [-0.25, -0.2) is 0 Å². The monoisotopic (exact) mass is 221 g/mol. The molecule has 0 atom stereocenters. The van der Waals surface area contributed by atoms with Gasteiger partial charge in [0.2, 0.25) is 0 Å². The predicted molar refractivity (Wildman–Crippen MR) is 46.2 cm³/mol. The van der Waals surface area contributed by atoms with Crippen LogP contribution in [0.25, 0.3) is 0 Å². The fraction of sp³-hybridized carbons (Fsp3) is 0.714. The van der Waals surface area contributed by atoms with Gasteiger partial charge in [-0.05, 0) is 13.8 Å². The van der Waals surface area contributed by atoms with Crippen molar-refractivity contribution >= 4 is 21.9 Å². The van der Waals surface area contributed by atoms with Gasteiger partial charge in [-0.3, -0.25) is 9.59 Å². The summed E-state index contributed by atoms with van der Waals surface area (Å²) in [5, 5.41) is -0.460. The van der Waals surface area contributed by atoms with E-state index in [1.54, 1.807) is 0 Å². The number of hydrogen-bond acceptors (Lipinski definition) is 5. The van der Waals surface area contributed by atoms with Gasteiger partial charge in [0.25, 0.3) is 21.9 Å². The molecule has 1 aliphatic rings. The van der Waals surface area contributed by atoms with Gasteiger partial charge in [-0.2, -0.15) is 8.42 Å². The Hall–Kier alpha value is -0.950. The minimum Gasteiger partial charge on any atom is -0.272 e. The molecule has 0 spiro atoms. The molecule has 1 aliphatic heterocycles. The summed E-state index contributed by atoms with van der Waals surface area (Å²) in [7, 11) is -3.86. The van der Waals surface area contributed by atoms with E-state index in [0.717, 1.165) is 0 Å². The van der Waals surface area contributed by atoms with Crippen LogP contribution >= 0.6 is 0 Å². The first-order valence-corrected chi connectivity index (χ1v) is 5.61. The standard InChI is InChI=1S/C7H11NO5S/c1-5(2)14(11,12)13-8-6(9)3-4-7(8)10/h5H,3-4H2,1-2H3. The van der Waals surface area contributed by atoms with Crippen LogP contribution in [0.1, 0.15) is 26.7 Å². The van der Waals surface area contributed by atoms with Gasteiger partial charge in [0.05, 0.1) is 5.25 Å². The van der Waals surface area contributed by atoms with Crippen LogP contribution in [0, 0.1) is 0 Å². The molecule has 1 fully saturated rings. The van der Waals surface area contributed by atoms with Crippen molar-refractivity contribution in [1.29, 1.82) is 0 Å². The van der Waals surface area contributed by atoms with Crippen molar-refractivity contribution in [1.82, 2.24) is 5.06 Å². The second-order valence-corrected chi connectivity index (χ2v) is 5.28. The molecule has 1 heterocycles. The van der Waals surface area contributed by atoms with Crippen LogP contribution in [0.2, 0.25) is 0 Å². The van der Waals surface area contributed by atoms with Crippen LogP contribution < -0.4 is 0 Å². The number of carbonyl (C=O) groups is 2. The zero-order chi connectivity index (χ0) is 10.9. The molecule has 0 radical (unpaired) electrons. The van der Waals surface area contributed by atoms with Crippen LogP contribution in [0.15, 0.2) is 0 Å². The quantitative estimate of drug-likeness (QED) is 0.617. The third kappa shape index (κ3) is 2.10. The molecule has 2 amide bonds. The van der Waals surface area contributed by atoms with Crippen LogP contribution in [0.5, 0.6) is 0 Å². The van der Waals surface area contributed by atoms with E-state index in [-0.39, 0.29) is 12.8 Å². The highest BCUT2D eigenvalue weighted by molar-refractivity contribution is 7.87. The maximum atomic E-state index is 11.2. The number of amides is 2. The first-order valence-electron chi connectivity index (χ1n) is 4.14. The van der Waals surface area contributed by atoms with E-state index >= 15 is 0 Å². The van der Waals surface area contributed by atoms with Crippen LogP contribution in [0.4, 0.5) is 0 Å². The van der Waals surface area contributed by atoms with E-state index in [2.05, 4.69) is 4.28 Å². The Morgan fingerprint density at radius 3 is 2.00 bits per heavy atom. The van der Waals surface area contributed by atoms with Gasteiger partial charge in [0.15, 0.2) is 0 Å². The van der Waals surface area contributed by atoms with Gasteiger partial charge in [-0.1, -0.05) is 0 Å². The normalized spacial score (nSPS) is 18.4. The maximum Gasteiger partial charge on any atom is 0.290 e. The van der Waals surface area contributed by atoms with Crippen molar-refractivity contribution < 1.29 is 22.3 Å². The molecule has 0 aromatic rings. The largest absolute Gasteiger partial charge is 0.290 e. The SMILES string of the molecule is CC(C)S(=O)(=O)ON1C(=O)CCC1=O. The Morgan fingerprint density at radius 1 is 1.21 bits per heavy atom. The molecule has 0 aliphatic carbocycles. The minimum atomic E-state index is -3.86. The number of imide groups is 1. The molecule has 0 aromatic heterocycles. The number of rotatable bonds is 3. The molecule has 0 saturated carbocycles. The van der Waals surface area contributed by atoms with Crippen molar-refractivity contribution in [2.75, 3.05) is 0 Å². The first kappa shape index (κ1) is 11.1. The first-order chi connectivity index (χ1) is 6.34. The molecule has 6 nitrogen and oxygen atoms in total. The summed E-state index contributed by atoms with van der Waals surface area (Å²) in [6.07, 6.45) is 0.0128. The molecular weight excluding hydrogens is 210 g/mol. The lowest BCUT2D eigenvalue weighted by Crippen LogP contribution is -2.34. The predicted octanol–water partition coefficient (Wildman–Crippen LogP) is -0.195. The average molecular weight is 221 g/mol. The zero-order valence-electron chi connectivity index (χ0n) is 7.89. The minimum absolute atomic E-state index is 0.00640. The van der Waals surface area contributed by atoms with Gasteiger partial charge in [-0.15, -0.1) is 9.35 Å². The number of carbonyl (C=O) groups excluding carboxylic acids is 2. The summed E-state index contributed by atoms with van der Waals surface area (Å²) >= 11 is 0. The highest BCUT2D eigenvalue weighted by atomic mass is 32.2. The van der Waals surface area contributed by atoms with E-state index in [1.807, 2.05) is 0 Å². The van der Waals surface area contributed by atoms with Crippen molar-refractivity contribution in [3.63, 3.8) is 0 Å². The van der Waals surface area contributed by atoms with Gasteiger partial charge < -0.3 is 0 Å². The van der Waals surface area contributed by atoms with Crippen molar-refractivity contribution in [2.45, 2.75) is 31.9 Å². The molecule has 7 heteroatoms. The highest BCUT2D eigenvalue weighted by Gasteiger charge is 2.35. The number of hydroxylamine groups is 2. The summed E-state index contributed by atoms with van der Waals surface area (Å²) in [5.74, 6) is -1.22. The van der Waals surface area contributed by atoms with Crippen molar-refractivity contribution in [3.05, 3.63) is 0 Å². The van der Waals surface area contributed by atoms with Crippen LogP contribution in [-0.4, -0.2) is 30.5 Å². The summed E-state index contributed by atoms with van der Waals surface area (Å²) in [6, 6.07) is 0. The molecule has 0 unspecified atom stereocenters. The molecule has 0 N–H and O–H groups in total. The summed E-state index contributed by atoms with van der Waals surface area (Å²) in [6.45, 7) is 2.81. The number of hydrogen-bond donors (Lipinski definition) is 0. The van der Waals surface area contributed by atoms with E-state index in [1.165, 1.54) is 13.8 Å². The summed E-state index contributed by atoms with van der Waals surface area (Å²) in [5.41, 5.74) is 0. The second-order valence-electron chi connectivity index (χ2n) is 3.20. The van der Waals surface area contributed by atoms with Crippen molar-refractivity contribution in [2.24, 2.45) is 0 Å². The Bertz CT molecular complexity index is 342. The van der Waals surface area contributed by atoms with E-state index in [9.17, 15) is 18.0 Å². The zero-order valence-corrected chi connectivity index (χ0v) is 8.70. The van der Waals surface area contributed by atoms with E-state index in [4.69, 9.17) is 0 Å². The topological polar surface area (TPSA) is 80.8 Å². The van der Waals surface area contributed by atoms with E-state index < -0.39 is 27.2 Å². The van der Waals surface area contributed by atoms with Gasteiger partial charge in [0, 0.05) is 12.8 Å². The highest BCUT2D eigenvalue weighted by Crippen LogP contribution is 2.16. The molecule has 80 valence electrons. The molecular formula is C7H11NO5S. The molecule has 0 bridgehead atoms. The fourth-order valence-corrected chi connectivity index (χ4v) is 1.38. The Morgan fingerprint density at radius 2 is 1.64 bits per heavy atom. The maximum absolute atomic E-state index is 11.2. The molecule has 1 rings (SSSR count). The van der Waals surface area contributed by atoms with Crippen LogP contribution in [0.3, 0.4) is 0 Å². The Kier molecular flexibility index (Phi) is 2.91. The van der Waals surface area contributed by atoms with Gasteiger partial charge in [0.1, 0.15) is 0 Å². The lowest BCUT2D eigenvalue weighted by atomic mass is 10.4. The Labute approximate surface area is 81.9 Å². The summed E-state index contributed by atoms with van der Waals surface area (Å²) < 4.78 is 26.8. The third-order valence-corrected chi connectivity index (χ3v) is 3.27. The number of nitrogens with zero attached hydrogens (tertiary/aromatic N) is 1. The molecule has 1 saturated heterocycles. The van der Waals surface area contributed by atoms with Gasteiger partial charge >= 0.3 is 0 Å². The lowest BCUT2D eigenvalue weighted by molar-refractivity contribution is -0.163. The third-order valence-electron chi connectivity index (χ3n) is 1.76. The van der Waals surface area contributed by atoms with E-state index in [0.29, 0.717) is 5.06 Å². The lowest BCUT2D eigenvalue weighted by Gasteiger charge is -2.14. The smallest absolute Gasteiger partial charge is 0.272 e. The molecule has 0 aromatic carbocycles. The second kappa shape index (κ2) is 3.66. The molecule has 14 heavy (non-hydrogen) atoms.